The van der Waals surface area contributed by atoms with Gasteiger partial charge in [-0.15, -0.1) is 9.24 Å². The third kappa shape index (κ3) is 5.03. The monoisotopic (exact) mass is 674 g/mol. The third-order valence-corrected chi connectivity index (χ3v) is 19.6. The standard InChI is InChI=1S/C46H60P2/c1-30-10-6-8-12-41(30)48(42-13-9-7-11-31(42)2)29-38-22-39(43(3,4)5)14-15-40(38)46(47,44-23-32-16-33(24-44)18-34(17-32)25-44)45-26-35-19-36(27-45)21-37(20-35)28-45/h6-15,22,32-37H,16-21,23-29,47H2,1-5H3. The molecule has 48 heavy (non-hydrogen) atoms. The Morgan fingerprint density at radius 2 is 1.00 bits per heavy atom. The Balaban J connectivity index is 1.27. The fraction of sp³-hybridized carbons (Fsp3) is 0.609. The van der Waals surface area contributed by atoms with Gasteiger partial charge in [0.1, 0.15) is 0 Å². The average molecular weight is 675 g/mol. The smallest absolute Gasteiger partial charge is 0.0213 e. The van der Waals surface area contributed by atoms with Gasteiger partial charge in [-0.25, -0.2) is 0 Å². The first-order valence-corrected chi connectivity index (χ1v) is 21.9. The lowest BCUT2D eigenvalue weighted by Gasteiger charge is -2.72. The molecule has 0 spiro atoms. The molecule has 254 valence electrons. The van der Waals surface area contributed by atoms with Crippen LogP contribution in [0.15, 0.2) is 66.7 Å². The molecule has 0 aliphatic heterocycles. The van der Waals surface area contributed by atoms with Crippen molar-refractivity contribution >= 4 is 27.8 Å². The maximum atomic E-state index is 3.91. The fourth-order valence-corrected chi connectivity index (χ4v) is 17.8. The van der Waals surface area contributed by atoms with Crippen molar-refractivity contribution in [3.8, 4) is 0 Å². The molecule has 0 radical (unpaired) electrons. The van der Waals surface area contributed by atoms with E-state index in [0.29, 0.717) is 10.8 Å². The number of benzene rings is 3. The highest BCUT2D eigenvalue weighted by molar-refractivity contribution is 7.72. The first-order valence-electron chi connectivity index (χ1n) is 19.8. The molecule has 2 heteroatoms. The SMILES string of the molecule is Cc1ccccc1P(Cc1cc(C(C)(C)C)ccc1C(P)(C12CC3CC(CC(C3)C1)C2)C12CC3CC(CC(C3)C1)C2)c1ccccc1C. The van der Waals surface area contributed by atoms with Crippen LogP contribution in [0.2, 0.25) is 0 Å². The van der Waals surface area contributed by atoms with E-state index in [1.807, 2.05) is 0 Å². The summed E-state index contributed by atoms with van der Waals surface area (Å²) in [5, 5.41) is 3.32. The van der Waals surface area contributed by atoms with Gasteiger partial charge < -0.3 is 0 Å². The van der Waals surface area contributed by atoms with Gasteiger partial charge in [0.05, 0.1) is 0 Å². The van der Waals surface area contributed by atoms with Gasteiger partial charge in [-0.05, 0) is 189 Å². The molecular formula is C46H60P2. The third-order valence-electron chi connectivity index (χ3n) is 15.3. The summed E-state index contributed by atoms with van der Waals surface area (Å²) >= 11 is 0. The molecule has 3 aromatic carbocycles. The van der Waals surface area contributed by atoms with Crippen molar-refractivity contribution in [3.63, 3.8) is 0 Å². The Bertz CT molecular complexity index is 1540. The highest BCUT2D eigenvalue weighted by Gasteiger charge is 2.69. The quantitative estimate of drug-likeness (QED) is 0.219. The van der Waals surface area contributed by atoms with Crippen LogP contribution in [-0.4, -0.2) is 0 Å². The normalized spacial score (nSPS) is 36.1. The summed E-state index contributed by atoms with van der Waals surface area (Å²) in [6.45, 7) is 12.0. The minimum absolute atomic E-state index is 0.131. The van der Waals surface area contributed by atoms with E-state index in [1.54, 1.807) is 21.7 Å². The van der Waals surface area contributed by atoms with Crippen LogP contribution in [0.3, 0.4) is 0 Å². The van der Waals surface area contributed by atoms with Gasteiger partial charge >= 0.3 is 0 Å². The number of rotatable bonds is 7. The lowest BCUT2D eigenvalue weighted by molar-refractivity contribution is -0.158. The fourth-order valence-electron chi connectivity index (χ4n) is 14.1. The van der Waals surface area contributed by atoms with E-state index in [0.717, 1.165) is 41.7 Å². The number of hydrogen-bond acceptors (Lipinski definition) is 0. The van der Waals surface area contributed by atoms with Crippen LogP contribution < -0.4 is 10.6 Å². The molecule has 11 rings (SSSR count). The lowest BCUT2D eigenvalue weighted by Crippen LogP contribution is -2.64. The first kappa shape index (κ1) is 32.4. The van der Waals surface area contributed by atoms with Crippen LogP contribution >= 0.6 is 17.2 Å². The zero-order chi connectivity index (χ0) is 33.1. The molecule has 0 saturated heterocycles. The first-order chi connectivity index (χ1) is 23.0. The molecule has 8 fully saturated rings. The van der Waals surface area contributed by atoms with E-state index >= 15 is 0 Å². The molecular weight excluding hydrogens is 614 g/mol. The van der Waals surface area contributed by atoms with Gasteiger partial charge in [-0.1, -0.05) is 87.5 Å². The van der Waals surface area contributed by atoms with Crippen LogP contribution in [0, 0.1) is 60.2 Å². The second-order valence-electron chi connectivity index (χ2n) is 19.5. The molecule has 8 aliphatic carbocycles. The van der Waals surface area contributed by atoms with E-state index in [9.17, 15) is 0 Å². The highest BCUT2D eigenvalue weighted by Crippen LogP contribution is 2.78. The Morgan fingerprint density at radius 3 is 1.38 bits per heavy atom. The molecule has 0 nitrogen and oxygen atoms in total. The lowest BCUT2D eigenvalue weighted by atomic mass is 9.37. The Morgan fingerprint density at radius 1 is 0.604 bits per heavy atom. The topological polar surface area (TPSA) is 0 Å². The summed E-state index contributed by atoms with van der Waals surface area (Å²) < 4.78 is 0. The summed E-state index contributed by atoms with van der Waals surface area (Å²) in [6.07, 6.45) is 19.3. The maximum absolute atomic E-state index is 3.91. The van der Waals surface area contributed by atoms with Crippen LogP contribution in [0.5, 0.6) is 0 Å². The van der Waals surface area contributed by atoms with E-state index in [4.69, 9.17) is 0 Å². The van der Waals surface area contributed by atoms with Crippen molar-refractivity contribution in [1.82, 2.24) is 0 Å². The van der Waals surface area contributed by atoms with Crippen molar-refractivity contribution in [1.29, 1.82) is 0 Å². The second kappa shape index (κ2) is 11.5. The average Bonchev–Trinajstić information content (AvgIpc) is 3.02. The van der Waals surface area contributed by atoms with Crippen molar-refractivity contribution in [3.05, 3.63) is 94.5 Å². The van der Waals surface area contributed by atoms with Crippen molar-refractivity contribution in [2.45, 2.75) is 128 Å². The van der Waals surface area contributed by atoms with Crippen LogP contribution in [0.4, 0.5) is 0 Å². The Hall–Kier alpha value is -1.48. The molecule has 8 aliphatic rings. The van der Waals surface area contributed by atoms with Crippen LogP contribution in [-0.2, 0) is 16.7 Å². The van der Waals surface area contributed by atoms with Gasteiger partial charge in [0.15, 0.2) is 0 Å². The van der Waals surface area contributed by atoms with Gasteiger partial charge in [-0.2, -0.15) is 0 Å². The van der Waals surface area contributed by atoms with Gasteiger partial charge in [0, 0.05) is 11.3 Å². The molecule has 0 amide bonds. The molecule has 1 atom stereocenters. The van der Waals surface area contributed by atoms with Crippen LogP contribution in [0.25, 0.3) is 0 Å². The number of hydrogen-bond donors (Lipinski definition) is 0. The van der Waals surface area contributed by atoms with Gasteiger partial charge in [-0.3, -0.25) is 0 Å². The van der Waals surface area contributed by atoms with Crippen molar-refractivity contribution in [2.24, 2.45) is 46.3 Å². The molecule has 0 heterocycles. The summed E-state index contributed by atoms with van der Waals surface area (Å²) in [6, 6.07) is 26.8. The predicted octanol–water partition coefficient (Wildman–Crippen LogP) is 11.7. The van der Waals surface area contributed by atoms with Gasteiger partial charge in [0.25, 0.3) is 0 Å². The Labute approximate surface area is 296 Å². The summed E-state index contributed by atoms with van der Waals surface area (Å²) in [4.78, 5) is 0. The van der Waals surface area contributed by atoms with E-state index in [2.05, 4.69) is 111 Å². The minimum Gasteiger partial charge on any atom is -0.125 e. The zero-order valence-corrected chi connectivity index (χ0v) is 32.6. The Kier molecular flexibility index (Phi) is 7.78. The van der Waals surface area contributed by atoms with E-state index in [1.165, 1.54) is 93.7 Å². The molecule has 0 aromatic heterocycles. The van der Waals surface area contributed by atoms with Gasteiger partial charge in [0.2, 0.25) is 0 Å². The molecule has 8 bridgehead atoms. The molecule has 3 aromatic rings. The maximum Gasteiger partial charge on any atom is 0.0213 e. The van der Waals surface area contributed by atoms with E-state index in [-0.39, 0.29) is 10.6 Å². The molecule has 0 N–H and O–H groups in total. The summed E-state index contributed by atoms with van der Waals surface area (Å²) in [5.41, 5.74) is 8.91. The molecule has 8 saturated carbocycles. The second-order valence-corrected chi connectivity index (χ2v) is 22.5. The van der Waals surface area contributed by atoms with Crippen molar-refractivity contribution in [2.75, 3.05) is 0 Å². The zero-order valence-electron chi connectivity index (χ0n) is 30.5. The molecule has 1 unspecified atom stereocenters. The van der Waals surface area contributed by atoms with E-state index < -0.39 is 7.92 Å². The number of aryl methyl sites for hydroxylation is 2. The summed E-state index contributed by atoms with van der Waals surface area (Å²) in [7, 11) is 3.36. The largest absolute Gasteiger partial charge is 0.125 e. The summed E-state index contributed by atoms with van der Waals surface area (Å²) in [5.74, 6) is 5.82. The van der Waals surface area contributed by atoms with Crippen LogP contribution in [0.1, 0.15) is 126 Å². The van der Waals surface area contributed by atoms with Crippen molar-refractivity contribution < 1.29 is 0 Å². The highest BCUT2D eigenvalue weighted by atomic mass is 31.1. The minimum atomic E-state index is -0.556. The predicted molar refractivity (Wildman–Crippen MR) is 210 cm³/mol.